The van der Waals surface area contributed by atoms with E-state index >= 15 is 0 Å². The van der Waals surface area contributed by atoms with E-state index in [1.54, 1.807) is 0 Å². The molecule has 3 heterocycles. The van der Waals surface area contributed by atoms with Gasteiger partial charge >= 0.3 is 0 Å². The van der Waals surface area contributed by atoms with Gasteiger partial charge in [-0.2, -0.15) is 0 Å². The number of hydrogen-bond donors (Lipinski definition) is 0. The minimum Gasteiger partial charge on any atom is -0.359 e. The molecule has 1 unspecified atom stereocenters. The first kappa shape index (κ1) is 11.4. The van der Waals surface area contributed by atoms with Gasteiger partial charge in [-0.05, 0) is 37.9 Å². The van der Waals surface area contributed by atoms with Gasteiger partial charge in [-0.25, -0.2) is 0 Å². The van der Waals surface area contributed by atoms with Gasteiger partial charge in [0.2, 0.25) is 0 Å². The van der Waals surface area contributed by atoms with Crippen molar-refractivity contribution in [3.63, 3.8) is 0 Å². The van der Waals surface area contributed by atoms with Gasteiger partial charge in [0, 0.05) is 25.0 Å². The van der Waals surface area contributed by atoms with Gasteiger partial charge in [-0.3, -0.25) is 9.88 Å². The summed E-state index contributed by atoms with van der Waals surface area (Å²) in [5.74, 6) is 0.994. The first-order valence-electron chi connectivity index (χ1n) is 6.39. The van der Waals surface area contributed by atoms with Gasteiger partial charge in [0.05, 0.1) is 11.7 Å². The monoisotopic (exact) mass is 243 g/mol. The average molecular weight is 243 g/mol. The molecular weight excluding hydrogens is 226 g/mol. The van der Waals surface area contributed by atoms with Crippen molar-refractivity contribution in [3.8, 4) is 0 Å². The van der Waals surface area contributed by atoms with E-state index in [1.807, 2.05) is 31.5 Å². The molecule has 2 aromatic rings. The summed E-state index contributed by atoms with van der Waals surface area (Å²) in [5, 5.41) is 3.99. The Morgan fingerprint density at radius 2 is 2.44 bits per heavy atom. The lowest BCUT2D eigenvalue weighted by Crippen LogP contribution is -2.22. The number of rotatable bonds is 3. The molecule has 18 heavy (non-hydrogen) atoms. The normalized spacial score (nSPS) is 20.4. The number of aryl methyl sites for hydroxylation is 1. The standard InChI is InChI=1S/C14H17N3O/c1-11-8-14(18-16-11)13-5-3-7-17(13)10-12-4-2-6-15-9-12/h2,4,6,8-9,13H,3,5,7,10H2,1H3. The van der Waals surface area contributed by atoms with Crippen LogP contribution in [0, 0.1) is 6.92 Å². The van der Waals surface area contributed by atoms with Crippen molar-refractivity contribution in [3.05, 3.63) is 47.6 Å². The van der Waals surface area contributed by atoms with Gasteiger partial charge in [-0.15, -0.1) is 0 Å². The van der Waals surface area contributed by atoms with Gasteiger partial charge in [0.25, 0.3) is 0 Å². The van der Waals surface area contributed by atoms with Gasteiger partial charge < -0.3 is 4.52 Å². The van der Waals surface area contributed by atoms with Gasteiger partial charge in [-0.1, -0.05) is 11.2 Å². The van der Waals surface area contributed by atoms with Gasteiger partial charge in [0.15, 0.2) is 5.76 Å². The van der Waals surface area contributed by atoms with E-state index < -0.39 is 0 Å². The second-order valence-corrected chi connectivity index (χ2v) is 4.86. The van der Waals surface area contributed by atoms with E-state index in [0.29, 0.717) is 6.04 Å². The Kier molecular flexibility index (Phi) is 3.11. The molecule has 94 valence electrons. The van der Waals surface area contributed by atoms with E-state index in [1.165, 1.54) is 12.0 Å². The third-order valence-electron chi connectivity index (χ3n) is 3.45. The Labute approximate surface area is 107 Å². The zero-order valence-corrected chi connectivity index (χ0v) is 10.5. The molecule has 0 bridgehead atoms. The molecule has 3 rings (SSSR count). The lowest BCUT2D eigenvalue weighted by Gasteiger charge is -2.21. The molecule has 1 aliphatic heterocycles. The van der Waals surface area contributed by atoms with Crippen LogP contribution in [-0.4, -0.2) is 21.6 Å². The Balaban J connectivity index is 1.75. The number of hydrogen-bond acceptors (Lipinski definition) is 4. The zero-order chi connectivity index (χ0) is 12.4. The van der Waals surface area contributed by atoms with Crippen molar-refractivity contribution < 1.29 is 4.52 Å². The molecule has 2 aromatic heterocycles. The van der Waals surface area contributed by atoms with Gasteiger partial charge in [0.1, 0.15) is 0 Å². The van der Waals surface area contributed by atoms with Crippen molar-refractivity contribution in [1.29, 1.82) is 0 Å². The fraction of sp³-hybridized carbons (Fsp3) is 0.429. The Bertz CT molecular complexity index is 509. The minimum atomic E-state index is 0.367. The van der Waals surface area contributed by atoms with Crippen LogP contribution < -0.4 is 0 Å². The molecule has 1 fully saturated rings. The number of likely N-dealkylation sites (tertiary alicyclic amines) is 1. The summed E-state index contributed by atoms with van der Waals surface area (Å²) in [6, 6.07) is 6.52. The van der Waals surface area contributed by atoms with Crippen LogP contribution in [0.4, 0.5) is 0 Å². The van der Waals surface area contributed by atoms with E-state index in [2.05, 4.69) is 21.1 Å². The third kappa shape index (κ3) is 2.29. The largest absolute Gasteiger partial charge is 0.359 e. The van der Waals surface area contributed by atoms with E-state index in [0.717, 1.165) is 31.0 Å². The van der Waals surface area contributed by atoms with Crippen molar-refractivity contribution in [2.45, 2.75) is 32.4 Å². The van der Waals surface area contributed by atoms with Crippen LogP contribution in [0.2, 0.25) is 0 Å². The molecule has 4 heteroatoms. The van der Waals surface area contributed by atoms with Crippen LogP contribution in [0.5, 0.6) is 0 Å². The van der Waals surface area contributed by atoms with Crippen molar-refractivity contribution in [1.82, 2.24) is 15.0 Å². The summed E-state index contributed by atoms with van der Waals surface area (Å²) in [6.45, 7) is 4.00. The molecular formula is C14H17N3O. The fourth-order valence-electron chi connectivity index (χ4n) is 2.60. The second-order valence-electron chi connectivity index (χ2n) is 4.86. The Morgan fingerprint density at radius 3 is 3.17 bits per heavy atom. The molecule has 0 amide bonds. The second kappa shape index (κ2) is 4.90. The molecule has 1 saturated heterocycles. The highest BCUT2D eigenvalue weighted by Crippen LogP contribution is 2.33. The summed E-state index contributed by atoms with van der Waals surface area (Å²) in [6.07, 6.45) is 6.10. The predicted molar refractivity (Wildman–Crippen MR) is 67.9 cm³/mol. The van der Waals surface area contributed by atoms with Crippen LogP contribution in [-0.2, 0) is 6.54 Å². The van der Waals surface area contributed by atoms with Crippen molar-refractivity contribution >= 4 is 0 Å². The number of pyridine rings is 1. The highest BCUT2D eigenvalue weighted by molar-refractivity contribution is 5.13. The van der Waals surface area contributed by atoms with Crippen molar-refractivity contribution in [2.75, 3.05) is 6.54 Å². The molecule has 0 aliphatic carbocycles. The first-order chi connectivity index (χ1) is 8.83. The summed E-state index contributed by atoms with van der Waals surface area (Å²) < 4.78 is 5.41. The maximum Gasteiger partial charge on any atom is 0.154 e. The SMILES string of the molecule is Cc1cc(C2CCCN2Cc2cccnc2)on1. The third-order valence-corrected chi connectivity index (χ3v) is 3.45. The van der Waals surface area contributed by atoms with Crippen LogP contribution in [0.1, 0.15) is 35.9 Å². The molecule has 0 saturated carbocycles. The summed E-state index contributed by atoms with van der Waals surface area (Å²) in [5.41, 5.74) is 2.21. The lowest BCUT2D eigenvalue weighted by atomic mass is 10.1. The summed E-state index contributed by atoms with van der Waals surface area (Å²) in [7, 11) is 0. The maximum atomic E-state index is 5.41. The molecule has 1 atom stereocenters. The highest BCUT2D eigenvalue weighted by Gasteiger charge is 2.28. The van der Waals surface area contributed by atoms with Crippen molar-refractivity contribution in [2.24, 2.45) is 0 Å². The average Bonchev–Trinajstić information content (AvgIpc) is 2.99. The topological polar surface area (TPSA) is 42.2 Å². The maximum absolute atomic E-state index is 5.41. The Morgan fingerprint density at radius 1 is 1.50 bits per heavy atom. The first-order valence-corrected chi connectivity index (χ1v) is 6.39. The zero-order valence-electron chi connectivity index (χ0n) is 10.5. The van der Waals surface area contributed by atoms with E-state index in [4.69, 9.17) is 4.52 Å². The minimum absolute atomic E-state index is 0.367. The molecule has 0 N–H and O–H groups in total. The number of aromatic nitrogens is 2. The molecule has 0 spiro atoms. The lowest BCUT2D eigenvalue weighted by molar-refractivity contribution is 0.206. The van der Waals surface area contributed by atoms with Crippen LogP contribution in [0.3, 0.4) is 0 Å². The highest BCUT2D eigenvalue weighted by atomic mass is 16.5. The van der Waals surface area contributed by atoms with Crippen LogP contribution in [0.25, 0.3) is 0 Å². The summed E-state index contributed by atoms with van der Waals surface area (Å²) >= 11 is 0. The fourth-order valence-corrected chi connectivity index (χ4v) is 2.60. The molecule has 0 aromatic carbocycles. The van der Waals surface area contributed by atoms with E-state index in [9.17, 15) is 0 Å². The van der Waals surface area contributed by atoms with Crippen LogP contribution >= 0.6 is 0 Å². The number of nitrogens with zero attached hydrogens (tertiary/aromatic N) is 3. The molecule has 0 radical (unpaired) electrons. The summed E-state index contributed by atoms with van der Waals surface area (Å²) in [4.78, 5) is 6.61. The molecule has 4 nitrogen and oxygen atoms in total. The van der Waals surface area contributed by atoms with Crippen LogP contribution in [0.15, 0.2) is 35.1 Å². The molecule has 1 aliphatic rings. The van der Waals surface area contributed by atoms with E-state index in [-0.39, 0.29) is 0 Å². The predicted octanol–water partition coefficient (Wildman–Crippen LogP) is 2.72. The smallest absolute Gasteiger partial charge is 0.154 e. The quantitative estimate of drug-likeness (QED) is 0.831. The Hall–Kier alpha value is -1.68.